The van der Waals surface area contributed by atoms with Crippen molar-refractivity contribution in [2.24, 2.45) is 22.4 Å². The summed E-state index contributed by atoms with van der Waals surface area (Å²) in [4.78, 5) is 30.4. The molecule has 0 unspecified atom stereocenters. The predicted octanol–water partition coefficient (Wildman–Crippen LogP) is 6.10. The Hall–Kier alpha value is -3.70. The van der Waals surface area contributed by atoms with Gasteiger partial charge in [-0.25, -0.2) is 5.84 Å². The molecule has 0 radical (unpaired) electrons. The van der Waals surface area contributed by atoms with Gasteiger partial charge in [0.2, 0.25) is 0 Å². The summed E-state index contributed by atoms with van der Waals surface area (Å²) < 4.78 is 0. The second-order valence-corrected chi connectivity index (χ2v) is 12.9. The van der Waals surface area contributed by atoms with E-state index in [2.05, 4.69) is 37.1 Å². The molecule has 0 atom stereocenters. The smallest absolute Gasteiger partial charge is 0.255 e. The molecule has 5 N–H and O–H groups in total. The number of pyridine rings is 1. The molecule has 0 aliphatic heterocycles. The molecular formula is C31H44N6O2. The van der Waals surface area contributed by atoms with Crippen molar-refractivity contribution in [3.63, 3.8) is 0 Å². The van der Waals surface area contributed by atoms with Crippen molar-refractivity contribution in [3.8, 4) is 6.07 Å². The van der Waals surface area contributed by atoms with Gasteiger partial charge in [-0.3, -0.25) is 19.6 Å². The maximum absolute atomic E-state index is 13.1. The molecule has 8 heteroatoms. The van der Waals surface area contributed by atoms with Gasteiger partial charge in [-0.2, -0.15) is 5.26 Å². The van der Waals surface area contributed by atoms with E-state index in [9.17, 15) is 14.9 Å². The molecule has 1 aromatic heterocycles. The van der Waals surface area contributed by atoms with Crippen LogP contribution < -0.4 is 21.9 Å². The second-order valence-electron chi connectivity index (χ2n) is 12.9. The Bertz CT molecular complexity index is 1290. The molecule has 210 valence electrons. The van der Waals surface area contributed by atoms with Gasteiger partial charge < -0.3 is 11.1 Å². The zero-order chi connectivity index (χ0) is 29.8. The van der Waals surface area contributed by atoms with E-state index in [4.69, 9.17) is 11.6 Å². The average Bonchev–Trinajstić information content (AvgIpc) is 2.83. The number of hydrogen-bond donors (Lipinski definition) is 3. The number of benzene rings is 1. The Morgan fingerprint density at radius 1 is 1.08 bits per heavy atom. The van der Waals surface area contributed by atoms with Crippen LogP contribution >= 0.6 is 0 Å². The van der Waals surface area contributed by atoms with Crippen LogP contribution in [0.5, 0.6) is 0 Å². The van der Waals surface area contributed by atoms with Gasteiger partial charge in [0.05, 0.1) is 40.3 Å². The molecule has 0 bridgehead atoms. The van der Waals surface area contributed by atoms with Gasteiger partial charge in [0.1, 0.15) is 5.78 Å². The quantitative estimate of drug-likeness (QED) is 0.262. The number of hydrazine groups is 1. The molecule has 0 aliphatic rings. The lowest BCUT2D eigenvalue weighted by Crippen LogP contribution is -2.35. The number of aromatic nitrogens is 1. The number of carbonyl (C=O) groups excluding carboxylic acids is 2. The number of carbonyl (C=O) groups is 2. The minimum atomic E-state index is -0.890. The average molecular weight is 533 g/mol. The Balaban J connectivity index is 2.26. The molecule has 0 saturated heterocycles. The molecule has 1 amide bonds. The molecule has 2 aromatic rings. The van der Waals surface area contributed by atoms with Crippen molar-refractivity contribution in [1.82, 2.24) is 4.98 Å². The van der Waals surface area contributed by atoms with Gasteiger partial charge in [0, 0.05) is 23.9 Å². The highest BCUT2D eigenvalue weighted by Crippen LogP contribution is 2.30. The van der Waals surface area contributed by atoms with Crippen molar-refractivity contribution in [2.75, 3.05) is 10.3 Å². The van der Waals surface area contributed by atoms with E-state index in [0.29, 0.717) is 40.3 Å². The summed E-state index contributed by atoms with van der Waals surface area (Å²) in [5.41, 5.74) is 9.01. The maximum atomic E-state index is 13.1. The molecule has 0 spiro atoms. The monoisotopic (exact) mass is 532 g/mol. The number of nitrogens with zero attached hydrogens (tertiary/aromatic N) is 3. The normalized spacial score (nSPS) is 12.6. The van der Waals surface area contributed by atoms with Crippen LogP contribution in [-0.4, -0.2) is 16.7 Å². The molecule has 1 aromatic carbocycles. The van der Waals surface area contributed by atoms with Crippen LogP contribution in [0.3, 0.4) is 0 Å². The van der Waals surface area contributed by atoms with E-state index in [1.165, 1.54) is 11.2 Å². The van der Waals surface area contributed by atoms with Crippen LogP contribution in [-0.2, 0) is 10.2 Å². The van der Waals surface area contributed by atoms with Crippen LogP contribution in [0.1, 0.15) is 102 Å². The first kappa shape index (κ1) is 31.5. The largest absolute Gasteiger partial charge is 0.400 e. The summed E-state index contributed by atoms with van der Waals surface area (Å²) >= 11 is 0. The number of ketones is 1. The van der Waals surface area contributed by atoms with Crippen molar-refractivity contribution in [2.45, 2.75) is 87.0 Å². The molecule has 0 saturated carbocycles. The number of amides is 1. The Labute approximate surface area is 233 Å². The van der Waals surface area contributed by atoms with Crippen molar-refractivity contribution in [3.05, 3.63) is 64.7 Å². The van der Waals surface area contributed by atoms with E-state index < -0.39 is 5.41 Å². The highest BCUT2D eigenvalue weighted by molar-refractivity contribution is 6.04. The fourth-order valence-electron chi connectivity index (χ4n) is 3.94. The lowest BCUT2D eigenvalue weighted by molar-refractivity contribution is -0.125. The summed E-state index contributed by atoms with van der Waals surface area (Å²) in [7, 11) is 0. The fraction of sp³-hybridized carbons (Fsp3) is 0.484. The van der Waals surface area contributed by atoms with Crippen LogP contribution in [0, 0.1) is 29.1 Å². The molecule has 0 fully saturated rings. The zero-order valence-electron chi connectivity index (χ0n) is 24.9. The van der Waals surface area contributed by atoms with Gasteiger partial charge in [-0.05, 0) is 74.3 Å². The number of Topliss-reactive ketones (excluding diaryl/α,β-unsaturated/α-hetero) is 1. The van der Waals surface area contributed by atoms with Gasteiger partial charge in [0.25, 0.3) is 5.91 Å². The van der Waals surface area contributed by atoms with E-state index in [1.807, 2.05) is 20.8 Å². The van der Waals surface area contributed by atoms with Crippen LogP contribution in [0.2, 0.25) is 0 Å². The Kier molecular flexibility index (Phi) is 9.70. The SMILES string of the molecule is Cc1ncc(NC(=O)c2cc(C#N)cc(C(C)(C)C)c2)cc1N(N)/C=C(\N)C(C)(C)C(=O)CCCC(C)(C)C. The van der Waals surface area contributed by atoms with Gasteiger partial charge in [0.15, 0.2) is 0 Å². The second kappa shape index (κ2) is 12.0. The van der Waals surface area contributed by atoms with Gasteiger partial charge >= 0.3 is 0 Å². The number of nitriles is 1. The Morgan fingerprint density at radius 2 is 1.72 bits per heavy atom. The minimum absolute atomic E-state index is 0.0546. The number of nitrogens with two attached hydrogens (primary N) is 2. The lowest BCUT2D eigenvalue weighted by Gasteiger charge is -2.27. The van der Waals surface area contributed by atoms with E-state index in [-0.39, 0.29) is 22.5 Å². The van der Waals surface area contributed by atoms with Crippen molar-refractivity contribution >= 4 is 23.1 Å². The third-order valence-corrected chi connectivity index (χ3v) is 6.81. The van der Waals surface area contributed by atoms with Crippen molar-refractivity contribution in [1.29, 1.82) is 5.26 Å². The lowest BCUT2D eigenvalue weighted by atomic mass is 9.81. The molecule has 1 heterocycles. The minimum Gasteiger partial charge on any atom is -0.400 e. The summed E-state index contributed by atoms with van der Waals surface area (Å²) in [6, 6.07) is 8.97. The summed E-state index contributed by atoms with van der Waals surface area (Å²) in [6.07, 6.45) is 5.26. The topological polar surface area (TPSA) is 138 Å². The number of allylic oxidation sites excluding steroid dienone is 1. The third-order valence-electron chi connectivity index (χ3n) is 6.81. The fourth-order valence-corrected chi connectivity index (χ4v) is 3.94. The molecular weight excluding hydrogens is 488 g/mol. The first-order valence-electron chi connectivity index (χ1n) is 13.2. The third kappa shape index (κ3) is 8.66. The van der Waals surface area contributed by atoms with E-state index in [0.717, 1.165) is 18.4 Å². The van der Waals surface area contributed by atoms with Gasteiger partial charge in [-0.1, -0.05) is 41.5 Å². The first-order valence-corrected chi connectivity index (χ1v) is 13.2. The number of aryl methyl sites for hydroxylation is 1. The van der Waals surface area contributed by atoms with Crippen molar-refractivity contribution < 1.29 is 9.59 Å². The first-order chi connectivity index (χ1) is 17.8. The predicted molar refractivity (Wildman–Crippen MR) is 158 cm³/mol. The summed E-state index contributed by atoms with van der Waals surface area (Å²) in [5, 5.41) is 13.6. The van der Waals surface area contributed by atoms with E-state index >= 15 is 0 Å². The van der Waals surface area contributed by atoms with Crippen LogP contribution in [0.25, 0.3) is 0 Å². The van der Waals surface area contributed by atoms with Gasteiger partial charge in [-0.15, -0.1) is 0 Å². The van der Waals surface area contributed by atoms with E-state index in [1.54, 1.807) is 51.2 Å². The van der Waals surface area contributed by atoms with Crippen LogP contribution in [0.4, 0.5) is 11.4 Å². The molecule has 0 aliphatic carbocycles. The standard InChI is InChI=1S/C31H44N6O2/c1-20-25(37(34)19-26(33)31(8,9)27(38)11-10-12-29(2,3)4)16-24(18-35-20)36-28(39)22-13-21(17-32)14-23(15-22)30(5,6)7/h13-16,18-19H,10-12,33-34H2,1-9H3,(H,36,39)/b26-19-. The summed E-state index contributed by atoms with van der Waals surface area (Å²) in [5.74, 6) is 6.03. The Morgan fingerprint density at radius 3 is 2.28 bits per heavy atom. The number of rotatable bonds is 9. The highest BCUT2D eigenvalue weighted by atomic mass is 16.1. The molecule has 8 nitrogen and oxygen atoms in total. The molecule has 2 rings (SSSR count). The number of nitrogens with one attached hydrogen (secondary N) is 1. The number of anilines is 2. The summed E-state index contributed by atoms with van der Waals surface area (Å²) in [6.45, 7) is 17.9. The van der Waals surface area contributed by atoms with Crippen LogP contribution in [0.15, 0.2) is 42.4 Å². The molecule has 39 heavy (non-hydrogen) atoms. The highest BCUT2D eigenvalue weighted by Gasteiger charge is 2.31. The maximum Gasteiger partial charge on any atom is 0.255 e. The zero-order valence-corrected chi connectivity index (χ0v) is 24.9. The number of hydrogen-bond acceptors (Lipinski definition) is 7.